The van der Waals surface area contributed by atoms with Gasteiger partial charge in [0.05, 0.1) is 0 Å². The highest BCUT2D eigenvalue weighted by Crippen LogP contribution is 2.18. The maximum atomic E-state index is 12.4. The number of ether oxygens (including phenoxy) is 1. The minimum Gasteiger partial charge on any atom is -0.444 e. The maximum absolute atomic E-state index is 12.4. The second-order valence-electron chi connectivity index (χ2n) is 8.18. The Labute approximate surface area is 140 Å². The number of rotatable bonds is 8. The zero-order valence-electron chi connectivity index (χ0n) is 15.7. The summed E-state index contributed by atoms with van der Waals surface area (Å²) in [6, 6.07) is -0.630. The van der Waals surface area contributed by atoms with Crippen LogP contribution in [0, 0.1) is 11.3 Å². The largest absolute Gasteiger partial charge is 0.444 e. The zero-order valence-corrected chi connectivity index (χ0v) is 15.7. The number of aliphatic hydroxyl groups is 1. The average Bonchev–Trinajstić information content (AvgIpc) is 2.32. The molecular weight excluding hydrogens is 296 g/mol. The summed E-state index contributed by atoms with van der Waals surface area (Å²) in [5, 5.41) is 14.5. The minimum atomic E-state index is -0.630. The van der Waals surface area contributed by atoms with Crippen LogP contribution in [0.2, 0.25) is 0 Å². The topological polar surface area (TPSA) is 87.7 Å². The van der Waals surface area contributed by atoms with Gasteiger partial charge in [0.15, 0.2) is 0 Å². The standard InChI is InChI=1S/C17H34N2O4/c1-12(2)10-13(19-15(22)23-16(3,4)5)14(21)18-11-17(6,7)8-9-20/h12-13,20H,8-11H2,1-7H3,(H,18,21)(H,19,22)/t13-/m0/s1. The van der Waals surface area contributed by atoms with E-state index in [-0.39, 0.29) is 23.8 Å². The number of hydrogen-bond acceptors (Lipinski definition) is 4. The van der Waals surface area contributed by atoms with Crippen molar-refractivity contribution in [2.75, 3.05) is 13.2 Å². The number of amides is 2. The van der Waals surface area contributed by atoms with Crippen molar-refractivity contribution in [3.05, 3.63) is 0 Å². The summed E-state index contributed by atoms with van der Waals surface area (Å²) in [6.45, 7) is 13.8. The van der Waals surface area contributed by atoms with Gasteiger partial charge >= 0.3 is 6.09 Å². The Balaban J connectivity index is 4.70. The fourth-order valence-corrected chi connectivity index (χ4v) is 1.99. The smallest absolute Gasteiger partial charge is 0.408 e. The highest BCUT2D eigenvalue weighted by atomic mass is 16.6. The van der Waals surface area contributed by atoms with E-state index in [2.05, 4.69) is 10.6 Å². The lowest BCUT2D eigenvalue weighted by Gasteiger charge is -2.27. The van der Waals surface area contributed by atoms with Crippen molar-refractivity contribution in [1.82, 2.24) is 10.6 Å². The normalized spacial score (nSPS) is 13.6. The molecule has 6 nitrogen and oxygen atoms in total. The number of aliphatic hydroxyl groups excluding tert-OH is 1. The first kappa shape index (κ1) is 21.7. The SMILES string of the molecule is CC(C)C[C@H](NC(=O)OC(C)(C)C)C(=O)NCC(C)(C)CCO. The van der Waals surface area contributed by atoms with Crippen LogP contribution in [0.1, 0.15) is 61.3 Å². The lowest BCUT2D eigenvalue weighted by atomic mass is 9.89. The van der Waals surface area contributed by atoms with Gasteiger partial charge in [-0.15, -0.1) is 0 Å². The summed E-state index contributed by atoms with van der Waals surface area (Å²) >= 11 is 0. The van der Waals surface area contributed by atoms with Crippen molar-refractivity contribution in [2.24, 2.45) is 11.3 Å². The zero-order chi connectivity index (χ0) is 18.3. The van der Waals surface area contributed by atoms with Crippen molar-refractivity contribution < 1.29 is 19.4 Å². The molecule has 0 aliphatic heterocycles. The highest BCUT2D eigenvalue weighted by molar-refractivity contribution is 5.85. The number of nitrogens with one attached hydrogen (secondary N) is 2. The first-order valence-electron chi connectivity index (χ1n) is 8.24. The van der Waals surface area contributed by atoms with Crippen LogP contribution in [0.4, 0.5) is 4.79 Å². The first-order chi connectivity index (χ1) is 10.4. The molecule has 0 spiro atoms. The van der Waals surface area contributed by atoms with E-state index >= 15 is 0 Å². The number of carbonyl (C=O) groups is 2. The van der Waals surface area contributed by atoms with Crippen LogP contribution in [0.3, 0.4) is 0 Å². The third-order valence-electron chi connectivity index (χ3n) is 3.24. The van der Waals surface area contributed by atoms with E-state index in [1.807, 2.05) is 27.7 Å². The summed E-state index contributed by atoms with van der Waals surface area (Å²) in [4.78, 5) is 24.3. The second kappa shape index (κ2) is 9.11. The van der Waals surface area contributed by atoms with Gasteiger partial charge in [0, 0.05) is 13.2 Å². The van der Waals surface area contributed by atoms with E-state index in [1.54, 1.807) is 20.8 Å². The Morgan fingerprint density at radius 3 is 2.13 bits per heavy atom. The predicted octanol–water partition coefficient (Wildman–Crippen LogP) is 2.45. The van der Waals surface area contributed by atoms with Gasteiger partial charge < -0.3 is 20.5 Å². The van der Waals surface area contributed by atoms with Crippen LogP contribution in [0.5, 0.6) is 0 Å². The van der Waals surface area contributed by atoms with Crippen molar-refractivity contribution in [3.8, 4) is 0 Å². The van der Waals surface area contributed by atoms with E-state index in [0.717, 1.165) is 0 Å². The lowest BCUT2D eigenvalue weighted by Crippen LogP contribution is -2.50. The molecule has 0 heterocycles. The molecule has 0 saturated heterocycles. The molecule has 0 aromatic rings. The third-order valence-corrected chi connectivity index (χ3v) is 3.24. The van der Waals surface area contributed by atoms with Crippen molar-refractivity contribution in [2.45, 2.75) is 73.0 Å². The quantitative estimate of drug-likeness (QED) is 0.638. The van der Waals surface area contributed by atoms with Crippen LogP contribution in [0.25, 0.3) is 0 Å². The molecule has 1 atom stereocenters. The fourth-order valence-electron chi connectivity index (χ4n) is 1.99. The Kier molecular flexibility index (Phi) is 8.59. The van der Waals surface area contributed by atoms with Crippen molar-refractivity contribution >= 4 is 12.0 Å². The van der Waals surface area contributed by atoms with E-state index < -0.39 is 17.7 Å². The molecule has 0 rings (SSSR count). The van der Waals surface area contributed by atoms with Gasteiger partial charge in [-0.25, -0.2) is 4.79 Å². The summed E-state index contributed by atoms with van der Waals surface area (Å²) in [5.41, 5.74) is -0.801. The van der Waals surface area contributed by atoms with Crippen molar-refractivity contribution in [1.29, 1.82) is 0 Å². The molecule has 0 bridgehead atoms. The Morgan fingerprint density at radius 2 is 1.70 bits per heavy atom. The van der Waals surface area contributed by atoms with E-state index in [1.165, 1.54) is 0 Å². The minimum absolute atomic E-state index is 0.0778. The van der Waals surface area contributed by atoms with Gasteiger partial charge in [0.1, 0.15) is 11.6 Å². The van der Waals surface area contributed by atoms with Gasteiger partial charge in [-0.3, -0.25) is 4.79 Å². The Bertz CT molecular complexity index is 387. The molecule has 0 fully saturated rings. The van der Waals surface area contributed by atoms with Gasteiger partial charge in [-0.05, 0) is 44.9 Å². The molecule has 0 aromatic carbocycles. The molecule has 3 N–H and O–H groups in total. The molecule has 0 aliphatic rings. The summed E-state index contributed by atoms with van der Waals surface area (Å²) < 4.78 is 5.22. The first-order valence-corrected chi connectivity index (χ1v) is 8.24. The fraction of sp³-hybridized carbons (Fsp3) is 0.882. The Hall–Kier alpha value is -1.30. The maximum Gasteiger partial charge on any atom is 0.408 e. The molecule has 0 saturated carbocycles. The number of carbonyl (C=O) groups excluding carboxylic acids is 2. The molecule has 0 unspecified atom stereocenters. The molecule has 2 amide bonds. The summed E-state index contributed by atoms with van der Waals surface area (Å²) in [5.74, 6) is 0.0294. The molecular formula is C17H34N2O4. The average molecular weight is 330 g/mol. The number of alkyl carbamates (subject to hydrolysis) is 1. The third kappa shape index (κ3) is 11.0. The summed E-state index contributed by atoms with van der Waals surface area (Å²) in [7, 11) is 0. The molecule has 0 aliphatic carbocycles. The lowest BCUT2D eigenvalue weighted by molar-refractivity contribution is -0.124. The molecule has 23 heavy (non-hydrogen) atoms. The van der Waals surface area contributed by atoms with Gasteiger partial charge in [0.25, 0.3) is 0 Å². The van der Waals surface area contributed by atoms with Crippen molar-refractivity contribution in [3.63, 3.8) is 0 Å². The summed E-state index contributed by atoms with van der Waals surface area (Å²) in [6.07, 6.45) is 0.542. The van der Waals surface area contributed by atoms with E-state index in [9.17, 15) is 9.59 Å². The number of hydrogen-bond donors (Lipinski definition) is 3. The van der Waals surface area contributed by atoms with Crippen LogP contribution < -0.4 is 10.6 Å². The predicted molar refractivity (Wildman–Crippen MR) is 91.1 cm³/mol. The molecule has 136 valence electrons. The monoisotopic (exact) mass is 330 g/mol. The Morgan fingerprint density at radius 1 is 1.13 bits per heavy atom. The van der Waals surface area contributed by atoms with Crippen LogP contribution in [-0.4, -0.2) is 41.9 Å². The molecule has 0 aromatic heterocycles. The second-order valence-corrected chi connectivity index (χ2v) is 8.18. The van der Waals surface area contributed by atoms with Crippen LogP contribution in [-0.2, 0) is 9.53 Å². The molecule has 0 radical (unpaired) electrons. The molecule has 6 heteroatoms. The van der Waals surface area contributed by atoms with Gasteiger partial charge in [0.2, 0.25) is 5.91 Å². The van der Waals surface area contributed by atoms with Gasteiger partial charge in [-0.2, -0.15) is 0 Å². The van der Waals surface area contributed by atoms with Crippen LogP contribution >= 0.6 is 0 Å². The van der Waals surface area contributed by atoms with Crippen LogP contribution in [0.15, 0.2) is 0 Å². The van der Waals surface area contributed by atoms with Gasteiger partial charge in [-0.1, -0.05) is 27.7 Å². The van der Waals surface area contributed by atoms with E-state index in [4.69, 9.17) is 9.84 Å². The highest BCUT2D eigenvalue weighted by Gasteiger charge is 2.26. The van der Waals surface area contributed by atoms with E-state index in [0.29, 0.717) is 19.4 Å².